The number of anilines is 1. The summed E-state index contributed by atoms with van der Waals surface area (Å²) < 4.78 is 13.5. The minimum atomic E-state index is -0.919. The number of alkyl halides is 1. The first kappa shape index (κ1) is 30.5. The number of likely N-dealkylation sites (tertiary alicyclic amines) is 1. The average Bonchev–Trinajstić information content (AvgIpc) is 2.97. The zero-order valence-electron chi connectivity index (χ0n) is 23.2. The predicted octanol–water partition coefficient (Wildman–Crippen LogP) is 3.11. The standard InChI is InChI=1S/C30H37ClFN5O4/c1-19-16-23(6-7-24(19)31)34-29(40)25(10-13-33)35-30(41)26-17-20-4-2-3-5-21(20)18-37(26)28(39)9-8-27(38)36-14-11-22(32)12-15-36/h2-7,16,22,25-26H,8-15,17-18,33H2,1H3,(H,34,40)(H,35,41)/t25-,26-/m0/s1. The number of benzene rings is 2. The number of carbonyl (C=O) groups is 4. The van der Waals surface area contributed by atoms with Gasteiger partial charge in [-0.15, -0.1) is 0 Å². The van der Waals surface area contributed by atoms with Gasteiger partial charge in [0.05, 0.1) is 0 Å². The number of halogens is 2. The van der Waals surface area contributed by atoms with Crippen molar-refractivity contribution in [1.82, 2.24) is 15.1 Å². The van der Waals surface area contributed by atoms with Gasteiger partial charge in [-0.2, -0.15) is 0 Å². The fourth-order valence-electron chi connectivity index (χ4n) is 5.29. The lowest BCUT2D eigenvalue weighted by Gasteiger charge is -2.37. The Kier molecular flexibility index (Phi) is 10.3. The lowest BCUT2D eigenvalue weighted by atomic mass is 9.92. The maximum Gasteiger partial charge on any atom is 0.246 e. The van der Waals surface area contributed by atoms with Crippen LogP contribution in [0.1, 0.15) is 48.8 Å². The second kappa shape index (κ2) is 13.9. The van der Waals surface area contributed by atoms with Gasteiger partial charge in [-0.25, -0.2) is 4.39 Å². The van der Waals surface area contributed by atoms with Crippen LogP contribution in [0.2, 0.25) is 5.02 Å². The fourth-order valence-corrected chi connectivity index (χ4v) is 5.41. The highest BCUT2D eigenvalue weighted by molar-refractivity contribution is 6.31. The number of carbonyl (C=O) groups excluding carboxylic acids is 4. The molecular weight excluding hydrogens is 549 g/mol. The van der Waals surface area contributed by atoms with E-state index in [1.165, 1.54) is 4.90 Å². The van der Waals surface area contributed by atoms with Gasteiger partial charge < -0.3 is 26.2 Å². The highest BCUT2D eigenvalue weighted by Gasteiger charge is 2.36. The predicted molar refractivity (Wildman–Crippen MR) is 155 cm³/mol. The number of rotatable bonds is 9. The van der Waals surface area contributed by atoms with Crippen molar-refractivity contribution in [3.05, 3.63) is 64.2 Å². The first-order chi connectivity index (χ1) is 19.7. The molecule has 2 atom stereocenters. The Morgan fingerprint density at radius 1 is 1.05 bits per heavy atom. The number of fused-ring (bicyclic) bond motifs is 1. The first-order valence-electron chi connectivity index (χ1n) is 14.0. The summed E-state index contributed by atoms with van der Waals surface area (Å²) in [4.78, 5) is 55.9. The van der Waals surface area contributed by atoms with E-state index >= 15 is 0 Å². The topological polar surface area (TPSA) is 125 Å². The Hall–Kier alpha value is -3.50. The van der Waals surface area contributed by atoms with Crippen LogP contribution in [-0.4, -0.2) is 71.3 Å². The molecule has 0 radical (unpaired) electrons. The van der Waals surface area contributed by atoms with E-state index in [1.54, 1.807) is 23.1 Å². The van der Waals surface area contributed by atoms with Gasteiger partial charge in [0.2, 0.25) is 23.6 Å². The van der Waals surface area contributed by atoms with Crippen LogP contribution in [0.4, 0.5) is 10.1 Å². The van der Waals surface area contributed by atoms with E-state index in [4.69, 9.17) is 17.3 Å². The summed E-state index contributed by atoms with van der Waals surface area (Å²) >= 11 is 6.09. The van der Waals surface area contributed by atoms with E-state index in [0.717, 1.165) is 16.7 Å². The van der Waals surface area contributed by atoms with Gasteiger partial charge in [0.25, 0.3) is 0 Å². The Bertz CT molecular complexity index is 1280. The van der Waals surface area contributed by atoms with Crippen molar-refractivity contribution in [3.63, 3.8) is 0 Å². The van der Waals surface area contributed by atoms with E-state index < -0.39 is 30.1 Å². The van der Waals surface area contributed by atoms with Crippen molar-refractivity contribution in [2.75, 3.05) is 25.0 Å². The minimum absolute atomic E-state index is 0.0129. The molecule has 0 aromatic heterocycles. The van der Waals surface area contributed by atoms with Gasteiger partial charge in [0.1, 0.15) is 18.3 Å². The van der Waals surface area contributed by atoms with Crippen LogP contribution in [0.5, 0.6) is 0 Å². The van der Waals surface area contributed by atoms with Gasteiger partial charge in [-0.1, -0.05) is 35.9 Å². The van der Waals surface area contributed by atoms with Gasteiger partial charge in [0, 0.05) is 49.6 Å². The molecule has 2 heterocycles. The zero-order chi connectivity index (χ0) is 29.5. The molecule has 2 aromatic rings. The third kappa shape index (κ3) is 7.83. The number of nitrogens with one attached hydrogen (secondary N) is 2. The van der Waals surface area contributed by atoms with Crippen LogP contribution < -0.4 is 16.4 Å². The van der Waals surface area contributed by atoms with Gasteiger partial charge >= 0.3 is 0 Å². The van der Waals surface area contributed by atoms with Gasteiger partial charge in [-0.05, 0) is 67.6 Å². The zero-order valence-corrected chi connectivity index (χ0v) is 24.0. The highest BCUT2D eigenvalue weighted by atomic mass is 35.5. The van der Waals surface area contributed by atoms with Gasteiger partial charge in [0.15, 0.2) is 0 Å². The molecule has 0 unspecified atom stereocenters. The van der Waals surface area contributed by atoms with Crippen molar-refractivity contribution >= 4 is 40.9 Å². The Morgan fingerprint density at radius 3 is 2.41 bits per heavy atom. The monoisotopic (exact) mass is 585 g/mol. The number of nitrogens with two attached hydrogens (primary N) is 1. The van der Waals surface area contributed by atoms with Crippen LogP contribution >= 0.6 is 11.6 Å². The third-order valence-electron chi connectivity index (χ3n) is 7.72. The molecule has 0 bridgehead atoms. The Balaban J connectivity index is 1.45. The van der Waals surface area contributed by atoms with E-state index in [9.17, 15) is 23.6 Å². The average molecular weight is 586 g/mol. The molecule has 2 aromatic carbocycles. The summed E-state index contributed by atoms with van der Waals surface area (Å²) in [5.41, 5.74) is 8.97. The number of hydrogen-bond donors (Lipinski definition) is 3. The molecule has 4 amide bonds. The number of amides is 4. The molecule has 0 saturated carbocycles. The second-order valence-electron chi connectivity index (χ2n) is 10.7. The maximum atomic E-state index is 13.6. The number of aryl methyl sites for hydroxylation is 1. The smallest absolute Gasteiger partial charge is 0.246 e. The van der Waals surface area contributed by atoms with Crippen LogP contribution in [0, 0.1) is 6.92 Å². The summed E-state index contributed by atoms with van der Waals surface area (Å²) in [7, 11) is 0. The molecular formula is C30H37ClFN5O4. The second-order valence-corrected chi connectivity index (χ2v) is 11.1. The molecule has 2 aliphatic heterocycles. The van der Waals surface area contributed by atoms with Gasteiger partial charge in [-0.3, -0.25) is 19.2 Å². The van der Waals surface area contributed by atoms with Crippen molar-refractivity contribution < 1.29 is 23.6 Å². The van der Waals surface area contributed by atoms with Crippen molar-refractivity contribution in [2.24, 2.45) is 5.73 Å². The molecule has 1 saturated heterocycles. The van der Waals surface area contributed by atoms with Crippen molar-refractivity contribution in [1.29, 1.82) is 0 Å². The third-order valence-corrected chi connectivity index (χ3v) is 8.14. The van der Waals surface area contributed by atoms with E-state index in [0.29, 0.717) is 36.6 Å². The summed E-state index contributed by atoms with van der Waals surface area (Å²) in [6, 6.07) is 10.9. The highest BCUT2D eigenvalue weighted by Crippen LogP contribution is 2.25. The molecule has 4 N–H and O–H groups in total. The fraction of sp³-hybridized carbons (Fsp3) is 0.467. The molecule has 0 spiro atoms. The van der Waals surface area contributed by atoms with E-state index in [1.807, 2.05) is 31.2 Å². The first-order valence-corrected chi connectivity index (χ1v) is 14.4. The lowest BCUT2D eigenvalue weighted by molar-refractivity contribution is -0.144. The Labute approximate surface area is 244 Å². The lowest BCUT2D eigenvalue weighted by Crippen LogP contribution is -2.56. The van der Waals surface area contributed by atoms with Crippen molar-refractivity contribution in [2.45, 2.75) is 70.2 Å². The quantitative estimate of drug-likeness (QED) is 0.417. The van der Waals surface area contributed by atoms with Crippen LogP contribution in [0.25, 0.3) is 0 Å². The minimum Gasteiger partial charge on any atom is -0.342 e. The number of piperidine rings is 1. The molecule has 4 rings (SSSR count). The van der Waals surface area contributed by atoms with Crippen molar-refractivity contribution in [3.8, 4) is 0 Å². The molecule has 1 fully saturated rings. The van der Waals surface area contributed by atoms with Crippen LogP contribution in [0.15, 0.2) is 42.5 Å². The number of hydrogen-bond acceptors (Lipinski definition) is 5. The molecule has 2 aliphatic rings. The van der Waals surface area contributed by atoms with Crippen LogP contribution in [-0.2, 0) is 32.1 Å². The normalized spacial score (nSPS) is 17.9. The number of nitrogens with zero attached hydrogens (tertiary/aromatic N) is 2. The SMILES string of the molecule is Cc1cc(NC(=O)[C@H](CCN)NC(=O)[C@@H]2Cc3ccccc3CN2C(=O)CCC(=O)N2CCC(F)CC2)ccc1Cl. The summed E-state index contributed by atoms with van der Waals surface area (Å²) in [5.74, 6) is -1.42. The maximum absolute atomic E-state index is 13.6. The molecule has 9 nitrogen and oxygen atoms in total. The molecule has 41 heavy (non-hydrogen) atoms. The summed E-state index contributed by atoms with van der Waals surface area (Å²) in [6.07, 6.45) is 0.114. The van der Waals surface area contributed by atoms with E-state index in [2.05, 4.69) is 10.6 Å². The van der Waals surface area contributed by atoms with Crippen LogP contribution in [0.3, 0.4) is 0 Å². The molecule has 220 valence electrons. The molecule has 11 heteroatoms. The summed E-state index contributed by atoms with van der Waals surface area (Å²) in [6.45, 7) is 2.89. The largest absolute Gasteiger partial charge is 0.342 e. The summed E-state index contributed by atoms with van der Waals surface area (Å²) in [5, 5.41) is 6.19. The molecule has 0 aliphatic carbocycles. The Morgan fingerprint density at radius 2 is 1.73 bits per heavy atom. The van der Waals surface area contributed by atoms with E-state index in [-0.39, 0.29) is 50.6 Å².